The van der Waals surface area contributed by atoms with Gasteiger partial charge in [-0.2, -0.15) is 4.37 Å². The van der Waals surface area contributed by atoms with E-state index in [-0.39, 0.29) is 5.91 Å². The van der Waals surface area contributed by atoms with E-state index in [4.69, 9.17) is 5.73 Å². The molecule has 4 N–H and O–H groups in total. The molecule has 0 unspecified atom stereocenters. The molecule has 1 aliphatic rings. The van der Waals surface area contributed by atoms with Gasteiger partial charge < -0.3 is 16.4 Å². The molecule has 1 amide bonds. The Bertz CT molecular complexity index is 412. The third-order valence-corrected chi connectivity index (χ3v) is 4.30. The molecule has 1 aromatic rings. The molecular weight excluding hydrogens is 248 g/mol. The van der Waals surface area contributed by atoms with Crippen LogP contribution in [0.5, 0.6) is 0 Å². The van der Waals surface area contributed by atoms with Crippen molar-refractivity contribution in [1.29, 1.82) is 0 Å². The molecule has 2 rings (SSSR count). The topological polar surface area (TPSA) is 80.0 Å². The monoisotopic (exact) mass is 268 g/mol. The highest BCUT2D eigenvalue weighted by Crippen LogP contribution is 2.29. The standard InChI is InChI=1S/C12H20N4OS/c1-14-11(17)9-10(13)16-18-12(9)15-7-6-8-4-2-3-5-8/h8,15H,2-7H2,1H3,(H2,13,16)(H,14,17). The van der Waals surface area contributed by atoms with E-state index < -0.39 is 0 Å². The summed E-state index contributed by atoms with van der Waals surface area (Å²) in [6, 6.07) is 0. The molecule has 6 heteroatoms. The van der Waals surface area contributed by atoms with Gasteiger partial charge in [0.15, 0.2) is 5.82 Å². The van der Waals surface area contributed by atoms with Gasteiger partial charge in [-0.25, -0.2) is 0 Å². The third kappa shape index (κ3) is 2.93. The number of rotatable bonds is 5. The van der Waals surface area contributed by atoms with Crippen molar-refractivity contribution in [3.63, 3.8) is 0 Å². The molecule has 0 bridgehead atoms. The first kappa shape index (κ1) is 13.1. The number of aromatic nitrogens is 1. The van der Waals surface area contributed by atoms with Gasteiger partial charge in [-0.15, -0.1) is 0 Å². The summed E-state index contributed by atoms with van der Waals surface area (Å²) in [6.45, 7) is 0.885. The zero-order valence-electron chi connectivity index (χ0n) is 10.7. The zero-order chi connectivity index (χ0) is 13.0. The van der Waals surface area contributed by atoms with E-state index in [1.807, 2.05) is 0 Å². The van der Waals surface area contributed by atoms with Gasteiger partial charge in [-0.1, -0.05) is 25.7 Å². The fourth-order valence-electron chi connectivity index (χ4n) is 2.46. The number of nitrogens with one attached hydrogen (secondary N) is 2. The number of nitrogens with zero attached hydrogens (tertiary/aromatic N) is 1. The Morgan fingerprint density at radius 1 is 1.50 bits per heavy atom. The Balaban J connectivity index is 1.90. The third-order valence-electron chi connectivity index (χ3n) is 3.49. The minimum absolute atomic E-state index is 0.176. The predicted molar refractivity (Wildman–Crippen MR) is 75.0 cm³/mol. The molecule has 0 saturated heterocycles. The highest BCUT2D eigenvalue weighted by Gasteiger charge is 2.19. The SMILES string of the molecule is CNC(=O)c1c(N)nsc1NCCC1CCCC1. The van der Waals surface area contributed by atoms with Crippen molar-refractivity contribution in [3.8, 4) is 0 Å². The normalized spacial score (nSPS) is 15.8. The number of nitrogen functional groups attached to an aromatic ring is 1. The lowest BCUT2D eigenvalue weighted by atomic mass is 10.0. The molecule has 1 aromatic heterocycles. The maximum Gasteiger partial charge on any atom is 0.257 e. The van der Waals surface area contributed by atoms with Gasteiger partial charge in [0.2, 0.25) is 0 Å². The van der Waals surface area contributed by atoms with Crippen molar-refractivity contribution in [2.45, 2.75) is 32.1 Å². The van der Waals surface area contributed by atoms with Crippen LogP contribution in [0.4, 0.5) is 10.8 Å². The summed E-state index contributed by atoms with van der Waals surface area (Å²) >= 11 is 1.26. The summed E-state index contributed by atoms with van der Waals surface area (Å²) in [6.07, 6.45) is 6.57. The molecule has 1 saturated carbocycles. The van der Waals surface area contributed by atoms with E-state index in [2.05, 4.69) is 15.0 Å². The lowest BCUT2D eigenvalue weighted by Crippen LogP contribution is -2.20. The summed E-state index contributed by atoms with van der Waals surface area (Å²) in [4.78, 5) is 11.7. The van der Waals surface area contributed by atoms with Crippen molar-refractivity contribution in [2.75, 3.05) is 24.6 Å². The van der Waals surface area contributed by atoms with Crippen LogP contribution in [0, 0.1) is 5.92 Å². The number of carbonyl (C=O) groups excluding carboxylic acids is 1. The van der Waals surface area contributed by atoms with Gasteiger partial charge in [0.25, 0.3) is 5.91 Å². The van der Waals surface area contributed by atoms with E-state index in [0.29, 0.717) is 11.4 Å². The zero-order valence-corrected chi connectivity index (χ0v) is 11.5. The highest BCUT2D eigenvalue weighted by molar-refractivity contribution is 7.11. The molecule has 18 heavy (non-hydrogen) atoms. The second-order valence-electron chi connectivity index (χ2n) is 4.72. The molecule has 0 atom stereocenters. The summed E-state index contributed by atoms with van der Waals surface area (Å²) in [5.41, 5.74) is 6.19. The van der Waals surface area contributed by atoms with Crippen LogP contribution in [-0.2, 0) is 0 Å². The lowest BCUT2D eigenvalue weighted by molar-refractivity contribution is 0.0965. The van der Waals surface area contributed by atoms with Crippen LogP contribution in [0.3, 0.4) is 0 Å². The lowest BCUT2D eigenvalue weighted by Gasteiger charge is -2.10. The molecule has 5 nitrogen and oxygen atoms in total. The van der Waals surface area contributed by atoms with Crippen molar-refractivity contribution in [2.24, 2.45) is 5.92 Å². The molecule has 1 fully saturated rings. The van der Waals surface area contributed by atoms with Gasteiger partial charge in [0, 0.05) is 13.6 Å². The fraction of sp³-hybridized carbons (Fsp3) is 0.667. The minimum Gasteiger partial charge on any atom is -0.382 e. The van der Waals surface area contributed by atoms with Crippen LogP contribution in [-0.4, -0.2) is 23.9 Å². The van der Waals surface area contributed by atoms with E-state index in [1.54, 1.807) is 7.05 Å². The van der Waals surface area contributed by atoms with Crippen molar-refractivity contribution < 1.29 is 4.79 Å². The number of amides is 1. The smallest absolute Gasteiger partial charge is 0.257 e. The molecule has 0 radical (unpaired) electrons. The average molecular weight is 268 g/mol. The van der Waals surface area contributed by atoms with Crippen LogP contribution in [0.2, 0.25) is 0 Å². The van der Waals surface area contributed by atoms with Crippen LogP contribution in [0.15, 0.2) is 0 Å². The Morgan fingerprint density at radius 3 is 2.89 bits per heavy atom. The molecule has 1 aliphatic carbocycles. The van der Waals surface area contributed by atoms with Crippen LogP contribution < -0.4 is 16.4 Å². The highest BCUT2D eigenvalue weighted by atomic mass is 32.1. The number of hydrogen-bond donors (Lipinski definition) is 3. The van der Waals surface area contributed by atoms with E-state index in [9.17, 15) is 4.79 Å². The molecule has 0 aromatic carbocycles. The summed E-state index contributed by atoms with van der Waals surface area (Å²) < 4.78 is 4.03. The number of anilines is 2. The minimum atomic E-state index is -0.176. The maximum absolute atomic E-state index is 11.7. The molecule has 0 spiro atoms. The first-order valence-electron chi connectivity index (χ1n) is 6.43. The number of carbonyl (C=O) groups is 1. The molecule has 100 valence electrons. The quantitative estimate of drug-likeness (QED) is 0.764. The molecular formula is C12H20N4OS. The Labute approximate surface area is 111 Å². The van der Waals surface area contributed by atoms with Gasteiger partial charge >= 0.3 is 0 Å². The summed E-state index contributed by atoms with van der Waals surface area (Å²) in [7, 11) is 1.60. The first-order chi connectivity index (χ1) is 8.72. The number of nitrogens with two attached hydrogens (primary N) is 1. The summed E-state index contributed by atoms with van der Waals surface area (Å²) in [5.74, 6) is 0.971. The Morgan fingerprint density at radius 2 is 2.22 bits per heavy atom. The van der Waals surface area contributed by atoms with E-state index in [0.717, 1.165) is 23.9 Å². The van der Waals surface area contributed by atoms with Gasteiger partial charge in [0.1, 0.15) is 10.6 Å². The number of hydrogen-bond acceptors (Lipinski definition) is 5. The van der Waals surface area contributed by atoms with Gasteiger partial charge in [-0.05, 0) is 23.9 Å². The predicted octanol–water partition coefficient (Wildman–Crippen LogP) is 2.08. The van der Waals surface area contributed by atoms with Crippen molar-refractivity contribution in [1.82, 2.24) is 9.69 Å². The largest absolute Gasteiger partial charge is 0.382 e. The van der Waals surface area contributed by atoms with Crippen LogP contribution in [0.25, 0.3) is 0 Å². The Hall–Kier alpha value is -1.30. The van der Waals surface area contributed by atoms with Gasteiger partial charge in [0.05, 0.1) is 0 Å². The fourth-order valence-corrected chi connectivity index (χ4v) is 3.19. The second-order valence-corrected chi connectivity index (χ2v) is 5.49. The molecule has 0 aliphatic heterocycles. The first-order valence-corrected chi connectivity index (χ1v) is 7.20. The van der Waals surface area contributed by atoms with E-state index in [1.165, 1.54) is 37.2 Å². The second kappa shape index (κ2) is 6.04. The van der Waals surface area contributed by atoms with E-state index >= 15 is 0 Å². The van der Waals surface area contributed by atoms with Crippen molar-refractivity contribution >= 4 is 28.3 Å². The Kier molecular flexibility index (Phi) is 4.41. The average Bonchev–Trinajstić information content (AvgIpc) is 2.99. The van der Waals surface area contributed by atoms with Gasteiger partial charge in [-0.3, -0.25) is 4.79 Å². The van der Waals surface area contributed by atoms with Crippen LogP contribution in [0.1, 0.15) is 42.5 Å². The maximum atomic E-state index is 11.7. The van der Waals surface area contributed by atoms with Crippen molar-refractivity contribution in [3.05, 3.63) is 5.56 Å². The molecule has 1 heterocycles. The van der Waals surface area contributed by atoms with Crippen LogP contribution >= 0.6 is 11.5 Å². The summed E-state index contributed by atoms with van der Waals surface area (Å²) in [5, 5.41) is 6.66.